The summed E-state index contributed by atoms with van der Waals surface area (Å²) in [7, 11) is 1.94. The van der Waals surface area contributed by atoms with Crippen molar-refractivity contribution in [2.75, 3.05) is 5.32 Å². The van der Waals surface area contributed by atoms with Gasteiger partial charge in [-0.1, -0.05) is 29.8 Å². The lowest BCUT2D eigenvalue weighted by Crippen LogP contribution is -2.16. The Morgan fingerprint density at radius 1 is 0.962 bits per heavy atom. The van der Waals surface area contributed by atoms with Gasteiger partial charge in [0, 0.05) is 24.1 Å². The van der Waals surface area contributed by atoms with E-state index in [1.54, 1.807) is 12.1 Å². The van der Waals surface area contributed by atoms with Crippen molar-refractivity contribution in [3.05, 3.63) is 77.5 Å². The quantitative estimate of drug-likeness (QED) is 0.735. The van der Waals surface area contributed by atoms with Gasteiger partial charge in [-0.3, -0.25) is 4.79 Å². The van der Waals surface area contributed by atoms with Gasteiger partial charge in [-0.25, -0.2) is 4.79 Å². The molecule has 0 spiro atoms. The number of hydrogen-bond acceptors (Lipinski definition) is 2. The van der Waals surface area contributed by atoms with Crippen molar-refractivity contribution in [2.24, 2.45) is 7.05 Å². The van der Waals surface area contributed by atoms with Crippen LogP contribution in [0.25, 0.3) is 11.3 Å². The summed E-state index contributed by atoms with van der Waals surface area (Å²) < 4.78 is 2.01. The third-order valence-electron chi connectivity index (χ3n) is 4.33. The van der Waals surface area contributed by atoms with Gasteiger partial charge >= 0.3 is 5.97 Å². The van der Waals surface area contributed by atoms with Crippen molar-refractivity contribution >= 4 is 17.6 Å². The summed E-state index contributed by atoms with van der Waals surface area (Å²) in [5.41, 5.74) is 5.03. The first-order chi connectivity index (χ1) is 12.4. The van der Waals surface area contributed by atoms with Crippen LogP contribution in [0.2, 0.25) is 0 Å². The van der Waals surface area contributed by atoms with Gasteiger partial charge in [-0.2, -0.15) is 0 Å². The zero-order chi connectivity index (χ0) is 18.7. The first-order valence-electron chi connectivity index (χ1n) is 8.29. The molecule has 0 unspecified atom stereocenters. The predicted molar refractivity (Wildman–Crippen MR) is 101 cm³/mol. The minimum absolute atomic E-state index is 0.148. The molecule has 0 radical (unpaired) electrons. The summed E-state index contributed by atoms with van der Waals surface area (Å²) >= 11 is 0. The molecule has 3 rings (SSSR count). The lowest BCUT2D eigenvalue weighted by Gasteiger charge is -2.09. The van der Waals surface area contributed by atoms with E-state index in [4.69, 9.17) is 5.11 Å². The van der Waals surface area contributed by atoms with Crippen LogP contribution in [0.4, 0.5) is 5.69 Å². The molecule has 0 saturated carbocycles. The van der Waals surface area contributed by atoms with Gasteiger partial charge < -0.3 is 15.0 Å². The SMILES string of the molecule is Cc1ccc(-c2ccc(CC(=O)Nc3ccc(C(=O)O)cc3)n2C)cc1. The van der Waals surface area contributed by atoms with Gasteiger partial charge in [0.15, 0.2) is 0 Å². The average Bonchev–Trinajstić information content (AvgIpc) is 2.97. The van der Waals surface area contributed by atoms with Gasteiger partial charge in [0.1, 0.15) is 0 Å². The molecule has 2 N–H and O–H groups in total. The van der Waals surface area contributed by atoms with E-state index < -0.39 is 5.97 Å². The lowest BCUT2D eigenvalue weighted by molar-refractivity contribution is -0.115. The maximum absolute atomic E-state index is 12.3. The van der Waals surface area contributed by atoms with Crippen LogP contribution in [0.5, 0.6) is 0 Å². The van der Waals surface area contributed by atoms with Crippen molar-refractivity contribution in [3.63, 3.8) is 0 Å². The smallest absolute Gasteiger partial charge is 0.335 e. The van der Waals surface area contributed by atoms with Gasteiger partial charge in [0.25, 0.3) is 0 Å². The van der Waals surface area contributed by atoms with Crippen molar-refractivity contribution in [1.29, 1.82) is 0 Å². The van der Waals surface area contributed by atoms with Crippen molar-refractivity contribution < 1.29 is 14.7 Å². The van der Waals surface area contributed by atoms with Crippen molar-refractivity contribution in [2.45, 2.75) is 13.3 Å². The Labute approximate surface area is 151 Å². The second-order valence-corrected chi connectivity index (χ2v) is 6.24. The van der Waals surface area contributed by atoms with Gasteiger partial charge in [0.05, 0.1) is 12.0 Å². The number of carboxylic acid groups (broad SMARTS) is 1. The third kappa shape index (κ3) is 3.83. The molecular weight excluding hydrogens is 328 g/mol. The largest absolute Gasteiger partial charge is 0.478 e. The maximum Gasteiger partial charge on any atom is 0.335 e. The molecule has 132 valence electrons. The molecule has 1 aromatic heterocycles. The van der Waals surface area contributed by atoms with Crippen LogP contribution in [-0.4, -0.2) is 21.6 Å². The number of nitrogens with one attached hydrogen (secondary N) is 1. The van der Waals surface area contributed by atoms with E-state index in [2.05, 4.69) is 29.6 Å². The molecule has 0 aliphatic rings. The summed E-state index contributed by atoms with van der Waals surface area (Å²) in [5.74, 6) is -1.14. The van der Waals surface area contributed by atoms with Crippen LogP contribution in [0, 0.1) is 6.92 Å². The Balaban J connectivity index is 1.70. The minimum atomic E-state index is -0.990. The van der Waals surface area contributed by atoms with Crippen LogP contribution < -0.4 is 5.32 Å². The maximum atomic E-state index is 12.3. The van der Waals surface area contributed by atoms with Crippen molar-refractivity contribution in [3.8, 4) is 11.3 Å². The number of anilines is 1. The molecule has 0 aliphatic heterocycles. The molecule has 3 aromatic rings. The molecule has 5 nitrogen and oxygen atoms in total. The summed E-state index contributed by atoms with van der Waals surface area (Å²) in [6.07, 6.45) is 0.239. The second-order valence-electron chi connectivity index (χ2n) is 6.24. The highest BCUT2D eigenvalue weighted by atomic mass is 16.4. The second kappa shape index (κ2) is 7.27. The number of carboxylic acids is 1. The Hall–Kier alpha value is -3.34. The number of aromatic carboxylic acids is 1. The topological polar surface area (TPSA) is 71.3 Å². The van der Waals surface area contributed by atoms with E-state index in [1.165, 1.54) is 17.7 Å². The number of benzene rings is 2. The fraction of sp³-hybridized carbons (Fsp3) is 0.143. The number of aryl methyl sites for hydroxylation is 1. The Bertz CT molecular complexity index is 938. The summed E-state index contributed by atoms with van der Waals surface area (Å²) in [5, 5.41) is 11.7. The Morgan fingerprint density at radius 3 is 2.23 bits per heavy atom. The Kier molecular flexibility index (Phi) is 4.89. The molecule has 2 aromatic carbocycles. The van der Waals surface area contributed by atoms with Crippen LogP contribution in [0.15, 0.2) is 60.7 Å². The molecule has 0 aliphatic carbocycles. The number of aromatic nitrogens is 1. The lowest BCUT2D eigenvalue weighted by atomic mass is 10.1. The molecular formula is C21H20N2O3. The first-order valence-corrected chi connectivity index (χ1v) is 8.29. The first kappa shape index (κ1) is 17.5. The van der Waals surface area contributed by atoms with E-state index in [9.17, 15) is 9.59 Å². The van der Waals surface area contributed by atoms with E-state index in [0.717, 1.165) is 17.0 Å². The predicted octanol–water partition coefficient (Wildman–Crippen LogP) is 3.88. The number of carbonyl (C=O) groups is 2. The highest BCUT2D eigenvalue weighted by Crippen LogP contribution is 2.22. The van der Waals surface area contributed by atoms with E-state index in [0.29, 0.717) is 5.69 Å². The van der Waals surface area contributed by atoms with Crippen LogP contribution >= 0.6 is 0 Å². The van der Waals surface area contributed by atoms with Gasteiger partial charge in [-0.15, -0.1) is 0 Å². The van der Waals surface area contributed by atoms with Gasteiger partial charge in [-0.05, 0) is 48.9 Å². The van der Waals surface area contributed by atoms with E-state index in [1.807, 2.05) is 30.7 Å². The number of rotatable bonds is 5. The summed E-state index contributed by atoms with van der Waals surface area (Å²) in [4.78, 5) is 23.2. The van der Waals surface area contributed by atoms with Crippen LogP contribution in [-0.2, 0) is 18.3 Å². The fourth-order valence-corrected chi connectivity index (χ4v) is 2.81. The fourth-order valence-electron chi connectivity index (χ4n) is 2.81. The standard InChI is InChI=1S/C21H20N2O3/c1-14-3-5-15(6-4-14)19-12-11-18(23(19)2)13-20(24)22-17-9-7-16(8-10-17)21(25)26/h3-12H,13H2,1-2H3,(H,22,24)(H,25,26). The number of amides is 1. The molecule has 1 amide bonds. The van der Waals surface area contributed by atoms with Crippen molar-refractivity contribution in [1.82, 2.24) is 4.57 Å². The molecule has 1 heterocycles. The highest BCUT2D eigenvalue weighted by molar-refractivity contribution is 5.93. The van der Waals surface area contributed by atoms with Crippen LogP contribution in [0.3, 0.4) is 0 Å². The summed E-state index contributed by atoms with van der Waals surface area (Å²) in [6, 6.07) is 18.3. The molecule has 0 saturated heterocycles. The van der Waals surface area contributed by atoms with Gasteiger partial charge in [0.2, 0.25) is 5.91 Å². The number of nitrogens with zero attached hydrogens (tertiary/aromatic N) is 1. The number of carbonyl (C=O) groups excluding carboxylic acids is 1. The molecule has 0 fully saturated rings. The minimum Gasteiger partial charge on any atom is -0.478 e. The van der Waals surface area contributed by atoms with E-state index >= 15 is 0 Å². The highest BCUT2D eigenvalue weighted by Gasteiger charge is 2.11. The number of hydrogen-bond donors (Lipinski definition) is 2. The summed E-state index contributed by atoms with van der Waals surface area (Å²) in [6.45, 7) is 2.05. The zero-order valence-electron chi connectivity index (χ0n) is 14.7. The molecule has 0 atom stereocenters. The molecule has 0 bridgehead atoms. The normalized spacial score (nSPS) is 10.5. The molecule has 5 heteroatoms. The molecule has 26 heavy (non-hydrogen) atoms. The third-order valence-corrected chi connectivity index (χ3v) is 4.33. The average molecular weight is 348 g/mol. The monoisotopic (exact) mass is 348 g/mol. The van der Waals surface area contributed by atoms with E-state index in [-0.39, 0.29) is 17.9 Å². The zero-order valence-corrected chi connectivity index (χ0v) is 14.7. The van der Waals surface area contributed by atoms with Crippen LogP contribution in [0.1, 0.15) is 21.6 Å². The Morgan fingerprint density at radius 2 is 1.62 bits per heavy atom.